The molecule has 0 aliphatic carbocycles. The maximum atomic E-state index is 10.6. The van der Waals surface area contributed by atoms with Crippen LogP contribution < -0.4 is 4.90 Å². The number of nitrogens with zero attached hydrogens (tertiary/aromatic N) is 2. The summed E-state index contributed by atoms with van der Waals surface area (Å²) in [5, 5.41) is 8.70. The fourth-order valence-electron chi connectivity index (χ4n) is 2.91. The summed E-state index contributed by atoms with van der Waals surface area (Å²) in [4.78, 5) is 15.1. The van der Waals surface area contributed by atoms with E-state index in [0.29, 0.717) is 6.54 Å². The van der Waals surface area contributed by atoms with E-state index in [1.165, 1.54) is 24.1 Å². The Morgan fingerprint density at radius 3 is 2.71 bits per heavy atom. The first-order valence-electron chi connectivity index (χ1n) is 7.79. The zero-order valence-corrected chi connectivity index (χ0v) is 13.1. The van der Waals surface area contributed by atoms with Crippen molar-refractivity contribution in [2.75, 3.05) is 31.6 Å². The molecule has 1 heterocycles. The van der Waals surface area contributed by atoms with Crippen molar-refractivity contribution in [3.05, 3.63) is 29.8 Å². The van der Waals surface area contributed by atoms with E-state index in [9.17, 15) is 4.79 Å². The van der Waals surface area contributed by atoms with Crippen LogP contribution in [0, 0.1) is 5.92 Å². The van der Waals surface area contributed by atoms with E-state index in [-0.39, 0.29) is 6.42 Å². The van der Waals surface area contributed by atoms with Crippen LogP contribution in [0.5, 0.6) is 0 Å². The molecular formula is C17H26N2O2. The lowest BCUT2D eigenvalue weighted by Gasteiger charge is -2.33. The van der Waals surface area contributed by atoms with Crippen LogP contribution in [-0.4, -0.2) is 42.7 Å². The second-order valence-corrected chi connectivity index (χ2v) is 6.24. The number of anilines is 1. The van der Waals surface area contributed by atoms with Crippen molar-refractivity contribution in [2.45, 2.75) is 32.7 Å². The molecule has 0 saturated carbocycles. The number of hydrogen-bond donors (Lipinski definition) is 1. The van der Waals surface area contributed by atoms with E-state index in [1.807, 2.05) is 11.9 Å². The lowest BCUT2D eigenvalue weighted by atomic mass is 9.99. The molecular weight excluding hydrogens is 264 g/mol. The van der Waals surface area contributed by atoms with Crippen LogP contribution >= 0.6 is 0 Å². The standard InChI is InChI=1S/C17H26N2O2/c1-14-4-3-10-19(12-14)16-7-5-15(6-8-16)13-18(2)11-9-17(20)21/h5-8,14H,3-4,9-13H2,1-2H3,(H,20,21). The highest BCUT2D eigenvalue weighted by molar-refractivity contribution is 5.66. The van der Waals surface area contributed by atoms with Gasteiger partial charge in [-0.05, 0) is 43.5 Å². The second-order valence-electron chi connectivity index (χ2n) is 6.24. The van der Waals surface area contributed by atoms with E-state index >= 15 is 0 Å². The normalized spacial score (nSPS) is 19.0. The van der Waals surface area contributed by atoms with Gasteiger partial charge in [-0.25, -0.2) is 0 Å². The van der Waals surface area contributed by atoms with Gasteiger partial charge in [-0.3, -0.25) is 4.79 Å². The molecule has 1 atom stereocenters. The molecule has 4 heteroatoms. The molecule has 1 N–H and O–H groups in total. The Bertz CT molecular complexity index is 458. The minimum atomic E-state index is -0.739. The number of aliphatic carboxylic acids is 1. The van der Waals surface area contributed by atoms with Crippen molar-refractivity contribution in [3.63, 3.8) is 0 Å². The summed E-state index contributed by atoms with van der Waals surface area (Å²) in [5.41, 5.74) is 2.54. The summed E-state index contributed by atoms with van der Waals surface area (Å²) in [6.45, 7) is 6.00. The van der Waals surface area contributed by atoms with Crippen LogP contribution in [0.25, 0.3) is 0 Å². The SMILES string of the molecule is CC1CCCN(c2ccc(CN(C)CCC(=O)O)cc2)C1. The number of benzene rings is 1. The van der Waals surface area contributed by atoms with Gasteiger partial charge in [0.25, 0.3) is 0 Å². The van der Waals surface area contributed by atoms with Crippen LogP contribution in [0.15, 0.2) is 24.3 Å². The zero-order valence-electron chi connectivity index (χ0n) is 13.1. The first kappa shape index (κ1) is 15.8. The highest BCUT2D eigenvalue weighted by Crippen LogP contribution is 2.23. The number of carboxylic acid groups (broad SMARTS) is 1. The summed E-state index contributed by atoms with van der Waals surface area (Å²) < 4.78 is 0. The molecule has 0 bridgehead atoms. The first-order valence-corrected chi connectivity index (χ1v) is 7.79. The molecule has 0 radical (unpaired) electrons. The van der Waals surface area contributed by atoms with Crippen molar-refractivity contribution in [3.8, 4) is 0 Å². The quantitative estimate of drug-likeness (QED) is 0.875. The third kappa shape index (κ3) is 5.05. The van der Waals surface area contributed by atoms with E-state index < -0.39 is 5.97 Å². The van der Waals surface area contributed by atoms with E-state index in [4.69, 9.17) is 5.11 Å². The Hall–Kier alpha value is -1.55. The van der Waals surface area contributed by atoms with Crippen LogP contribution in [0.1, 0.15) is 31.7 Å². The molecule has 21 heavy (non-hydrogen) atoms. The molecule has 1 aromatic carbocycles. The van der Waals surface area contributed by atoms with Gasteiger partial charge in [0.05, 0.1) is 6.42 Å². The molecule has 1 aliphatic heterocycles. The van der Waals surface area contributed by atoms with Gasteiger partial charge in [0.1, 0.15) is 0 Å². The first-order chi connectivity index (χ1) is 10.0. The maximum absolute atomic E-state index is 10.6. The number of hydrogen-bond acceptors (Lipinski definition) is 3. The van der Waals surface area contributed by atoms with Crippen LogP contribution in [0.2, 0.25) is 0 Å². The third-order valence-corrected chi connectivity index (χ3v) is 4.12. The summed E-state index contributed by atoms with van der Waals surface area (Å²) in [6.07, 6.45) is 2.81. The van der Waals surface area contributed by atoms with Gasteiger partial charge in [0, 0.05) is 31.9 Å². The minimum absolute atomic E-state index is 0.195. The van der Waals surface area contributed by atoms with Gasteiger partial charge in [0.2, 0.25) is 0 Å². The molecule has 1 aliphatic rings. The van der Waals surface area contributed by atoms with Gasteiger partial charge < -0.3 is 14.9 Å². The van der Waals surface area contributed by atoms with Crippen molar-refractivity contribution in [2.24, 2.45) is 5.92 Å². The molecule has 1 saturated heterocycles. The predicted molar refractivity (Wildman–Crippen MR) is 85.6 cm³/mol. The Morgan fingerprint density at radius 1 is 1.38 bits per heavy atom. The second kappa shape index (κ2) is 7.46. The fourth-order valence-corrected chi connectivity index (χ4v) is 2.91. The topological polar surface area (TPSA) is 43.8 Å². The molecule has 2 rings (SSSR count). The summed E-state index contributed by atoms with van der Waals surface area (Å²) >= 11 is 0. The van der Waals surface area contributed by atoms with Gasteiger partial charge >= 0.3 is 5.97 Å². The monoisotopic (exact) mass is 290 g/mol. The Balaban J connectivity index is 1.88. The molecule has 1 aromatic rings. The lowest BCUT2D eigenvalue weighted by molar-refractivity contribution is -0.137. The molecule has 1 unspecified atom stereocenters. The van der Waals surface area contributed by atoms with Crippen LogP contribution in [0.4, 0.5) is 5.69 Å². The van der Waals surface area contributed by atoms with Crippen molar-refractivity contribution in [1.82, 2.24) is 4.90 Å². The van der Waals surface area contributed by atoms with Crippen molar-refractivity contribution < 1.29 is 9.90 Å². The minimum Gasteiger partial charge on any atom is -0.481 e. The molecule has 4 nitrogen and oxygen atoms in total. The number of carbonyl (C=O) groups is 1. The number of carboxylic acids is 1. The maximum Gasteiger partial charge on any atom is 0.304 e. The largest absolute Gasteiger partial charge is 0.481 e. The fraction of sp³-hybridized carbons (Fsp3) is 0.588. The van der Waals surface area contributed by atoms with Crippen LogP contribution in [0.3, 0.4) is 0 Å². The van der Waals surface area contributed by atoms with E-state index in [2.05, 4.69) is 36.1 Å². The van der Waals surface area contributed by atoms with Crippen LogP contribution in [-0.2, 0) is 11.3 Å². The molecule has 1 fully saturated rings. The van der Waals surface area contributed by atoms with Crippen molar-refractivity contribution in [1.29, 1.82) is 0 Å². The summed E-state index contributed by atoms with van der Waals surface area (Å²) in [7, 11) is 1.96. The van der Waals surface area contributed by atoms with Gasteiger partial charge in [-0.15, -0.1) is 0 Å². The predicted octanol–water partition coefficient (Wildman–Crippen LogP) is 2.83. The summed E-state index contributed by atoms with van der Waals surface area (Å²) in [5.74, 6) is 0.0389. The van der Waals surface area contributed by atoms with Crippen molar-refractivity contribution >= 4 is 11.7 Å². The Kier molecular flexibility index (Phi) is 5.62. The molecule has 116 valence electrons. The highest BCUT2D eigenvalue weighted by atomic mass is 16.4. The number of piperidine rings is 1. The molecule has 0 amide bonds. The zero-order chi connectivity index (χ0) is 15.2. The molecule has 0 spiro atoms. The average Bonchev–Trinajstić information content (AvgIpc) is 2.46. The Labute approximate surface area is 127 Å². The van der Waals surface area contributed by atoms with E-state index in [1.54, 1.807) is 0 Å². The summed E-state index contributed by atoms with van der Waals surface area (Å²) in [6, 6.07) is 8.70. The van der Waals surface area contributed by atoms with E-state index in [0.717, 1.165) is 25.6 Å². The Morgan fingerprint density at radius 2 is 2.10 bits per heavy atom. The highest BCUT2D eigenvalue weighted by Gasteiger charge is 2.16. The number of rotatable bonds is 6. The molecule has 0 aromatic heterocycles. The lowest BCUT2D eigenvalue weighted by Crippen LogP contribution is -2.34. The smallest absolute Gasteiger partial charge is 0.304 e. The van der Waals surface area contributed by atoms with Gasteiger partial charge in [-0.1, -0.05) is 19.1 Å². The van der Waals surface area contributed by atoms with Gasteiger partial charge in [0.15, 0.2) is 0 Å². The third-order valence-electron chi connectivity index (χ3n) is 4.12. The van der Waals surface area contributed by atoms with Gasteiger partial charge in [-0.2, -0.15) is 0 Å². The average molecular weight is 290 g/mol.